The smallest absolute Gasteiger partial charge is 0.372 e. The molecule has 0 aromatic carbocycles. The molecule has 0 saturated carbocycles. The predicted octanol–water partition coefficient (Wildman–Crippen LogP) is 2.85. The molecule has 1 aromatic rings. The lowest BCUT2D eigenvalue weighted by atomic mass is 9.97. The first-order valence-corrected chi connectivity index (χ1v) is 6.51. The predicted molar refractivity (Wildman–Crippen MR) is 64.5 cm³/mol. The van der Waals surface area contributed by atoms with Gasteiger partial charge < -0.3 is 10.5 Å². The standard InChI is InChI=1S/C11H17F3N2OS/c1-3-10(2,15)8-6-18-9(16-8)4-5-17-7-11(12,13)14/h6H,3-5,7,15H2,1-2H3. The van der Waals surface area contributed by atoms with Gasteiger partial charge in [0.1, 0.15) is 6.61 Å². The SMILES string of the molecule is CCC(C)(N)c1csc(CCOCC(F)(F)F)n1. The average Bonchev–Trinajstić information content (AvgIpc) is 2.72. The Morgan fingerprint density at radius 1 is 1.44 bits per heavy atom. The third kappa shape index (κ3) is 4.91. The Balaban J connectivity index is 2.41. The van der Waals surface area contributed by atoms with Crippen LogP contribution in [0.2, 0.25) is 0 Å². The fraction of sp³-hybridized carbons (Fsp3) is 0.727. The van der Waals surface area contributed by atoms with Crippen LogP contribution in [0.15, 0.2) is 5.38 Å². The Morgan fingerprint density at radius 3 is 2.67 bits per heavy atom. The van der Waals surface area contributed by atoms with Crippen LogP contribution in [0.1, 0.15) is 31.0 Å². The minimum absolute atomic E-state index is 0.0138. The van der Waals surface area contributed by atoms with Crippen molar-refractivity contribution < 1.29 is 17.9 Å². The summed E-state index contributed by atoms with van der Waals surface area (Å²) in [6.45, 7) is 2.64. The van der Waals surface area contributed by atoms with E-state index in [-0.39, 0.29) is 6.61 Å². The number of thiazole rings is 1. The maximum atomic E-state index is 11.8. The lowest BCUT2D eigenvalue weighted by molar-refractivity contribution is -0.173. The largest absolute Gasteiger partial charge is 0.411 e. The first-order chi connectivity index (χ1) is 8.24. The Kier molecular flexibility index (Phi) is 5.12. The first-order valence-electron chi connectivity index (χ1n) is 5.63. The molecule has 1 heterocycles. The molecule has 0 bridgehead atoms. The number of nitrogens with zero attached hydrogens (tertiary/aromatic N) is 1. The highest BCUT2D eigenvalue weighted by Crippen LogP contribution is 2.23. The summed E-state index contributed by atoms with van der Waals surface area (Å²) in [5.74, 6) is 0. The van der Waals surface area contributed by atoms with Crippen LogP contribution in [-0.2, 0) is 16.7 Å². The third-order valence-corrected chi connectivity index (χ3v) is 3.51. The van der Waals surface area contributed by atoms with Crippen LogP contribution in [0.5, 0.6) is 0 Å². The summed E-state index contributed by atoms with van der Waals surface area (Å²) in [6, 6.07) is 0. The van der Waals surface area contributed by atoms with Crippen LogP contribution in [0.25, 0.3) is 0 Å². The first kappa shape index (κ1) is 15.4. The number of aromatic nitrogens is 1. The van der Waals surface area contributed by atoms with E-state index in [1.54, 1.807) is 0 Å². The zero-order valence-corrected chi connectivity index (χ0v) is 11.2. The van der Waals surface area contributed by atoms with Crippen molar-refractivity contribution in [1.82, 2.24) is 4.98 Å². The Labute approximate surface area is 108 Å². The number of hydrogen-bond acceptors (Lipinski definition) is 4. The monoisotopic (exact) mass is 282 g/mol. The van der Waals surface area contributed by atoms with Gasteiger partial charge >= 0.3 is 6.18 Å². The van der Waals surface area contributed by atoms with E-state index in [4.69, 9.17) is 5.73 Å². The molecule has 1 rings (SSSR count). The molecule has 3 nitrogen and oxygen atoms in total. The number of halogens is 3. The summed E-state index contributed by atoms with van der Waals surface area (Å²) in [5, 5.41) is 2.60. The van der Waals surface area contributed by atoms with E-state index >= 15 is 0 Å². The van der Waals surface area contributed by atoms with E-state index in [9.17, 15) is 13.2 Å². The van der Waals surface area contributed by atoms with Crippen molar-refractivity contribution in [3.05, 3.63) is 16.1 Å². The molecule has 0 aliphatic carbocycles. The van der Waals surface area contributed by atoms with Crippen LogP contribution < -0.4 is 5.73 Å². The molecule has 0 saturated heterocycles. The quantitative estimate of drug-likeness (QED) is 0.816. The van der Waals surface area contributed by atoms with Crippen molar-refractivity contribution in [2.45, 2.75) is 38.4 Å². The maximum absolute atomic E-state index is 11.8. The van der Waals surface area contributed by atoms with Crippen LogP contribution >= 0.6 is 11.3 Å². The van der Waals surface area contributed by atoms with E-state index in [0.717, 1.165) is 17.1 Å². The second kappa shape index (κ2) is 5.99. The number of alkyl halides is 3. The van der Waals surface area contributed by atoms with Crippen molar-refractivity contribution >= 4 is 11.3 Å². The zero-order valence-electron chi connectivity index (χ0n) is 10.4. The van der Waals surface area contributed by atoms with E-state index in [1.807, 2.05) is 19.2 Å². The fourth-order valence-corrected chi connectivity index (χ4v) is 2.14. The normalized spacial score (nSPS) is 15.7. The summed E-state index contributed by atoms with van der Waals surface area (Å²) in [4.78, 5) is 4.32. The van der Waals surface area contributed by atoms with Gasteiger partial charge in [-0.1, -0.05) is 6.92 Å². The van der Waals surface area contributed by atoms with E-state index in [1.165, 1.54) is 11.3 Å². The van der Waals surface area contributed by atoms with Crippen molar-refractivity contribution in [1.29, 1.82) is 0 Å². The van der Waals surface area contributed by atoms with Gasteiger partial charge in [-0.25, -0.2) is 4.98 Å². The van der Waals surface area contributed by atoms with Gasteiger partial charge in [-0.2, -0.15) is 13.2 Å². The van der Waals surface area contributed by atoms with Crippen LogP contribution in [0.4, 0.5) is 13.2 Å². The maximum Gasteiger partial charge on any atom is 0.411 e. The topological polar surface area (TPSA) is 48.1 Å². The highest BCUT2D eigenvalue weighted by Gasteiger charge is 2.27. The molecular formula is C11H17F3N2OS. The van der Waals surface area contributed by atoms with E-state index in [0.29, 0.717) is 6.42 Å². The molecular weight excluding hydrogens is 265 g/mol. The highest BCUT2D eigenvalue weighted by atomic mass is 32.1. The molecule has 0 aliphatic heterocycles. The number of ether oxygens (including phenoxy) is 1. The molecule has 7 heteroatoms. The van der Waals surface area contributed by atoms with Gasteiger partial charge in [-0.3, -0.25) is 0 Å². The van der Waals surface area contributed by atoms with Crippen LogP contribution in [-0.4, -0.2) is 24.4 Å². The van der Waals surface area contributed by atoms with Gasteiger partial charge in [0, 0.05) is 11.8 Å². The van der Waals surface area contributed by atoms with Crippen molar-refractivity contribution in [2.75, 3.05) is 13.2 Å². The van der Waals surface area contributed by atoms with Gasteiger partial charge in [0.15, 0.2) is 0 Å². The molecule has 0 radical (unpaired) electrons. The highest BCUT2D eigenvalue weighted by molar-refractivity contribution is 7.09. The fourth-order valence-electron chi connectivity index (χ4n) is 1.22. The minimum Gasteiger partial charge on any atom is -0.372 e. The van der Waals surface area contributed by atoms with Crippen molar-refractivity contribution in [3.8, 4) is 0 Å². The molecule has 0 fully saturated rings. The molecule has 0 amide bonds. The van der Waals surface area contributed by atoms with Crippen LogP contribution in [0.3, 0.4) is 0 Å². The van der Waals surface area contributed by atoms with E-state index < -0.39 is 18.3 Å². The molecule has 1 unspecified atom stereocenters. The number of hydrogen-bond donors (Lipinski definition) is 1. The second-order valence-corrected chi connectivity index (χ2v) is 5.26. The molecule has 0 aliphatic rings. The Bertz CT molecular complexity index is 377. The van der Waals surface area contributed by atoms with Crippen molar-refractivity contribution in [2.24, 2.45) is 5.73 Å². The molecule has 2 N–H and O–H groups in total. The van der Waals surface area contributed by atoms with Gasteiger partial charge in [-0.15, -0.1) is 11.3 Å². The molecule has 1 aromatic heterocycles. The number of nitrogens with two attached hydrogens (primary N) is 1. The summed E-state index contributed by atoms with van der Waals surface area (Å²) < 4.78 is 40.0. The summed E-state index contributed by atoms with van der Waals surface area (Å²) >= 11 is 1.40. The summed E-state index contributed by atoms with van der Waals surface area (Å²) in [6.07, 6.45) is -3.15. The second-order valence-electron chi connectivity index (χ2n) is 4.32. The lowest BCUT2D eigenvalue weighted by Crippen LogP contribution is -2.32. The van der Waals surface area contributed by atoms with Crippen molar-refractivity contribution in [3.63, 3.8) is 0 Å². The van der Waals surface area contributed by atoms with Gasteiger partial charge in [0.05, 0.1) is 22.8 Å². The molecule has 104 valence electrons. The van der Waals surface area contributed by atoms with E-state index in [2.05, 4.69) is 9.72 Å². The van der Waals surface area contributed by atoms with Gasteiger partial charge in [0.25, 0.3) is 0 Å². The van der Waals surface area contributed by atoms with Gasteiger partial charge in [0.2, 0.25) is 0 Å². The zero-order chi connectivity index (χ0) is 13.8. The number of rotatable bonds is 6. The molecule has 18 heavy (non-hydrogen) atoms. The lowest BCUT2D eigenvalue weighted by Gasteiger charge is -2.19. The van der Waals surface area contributed by atoms with Crippen LogP contribution in [0, 0.1) is 0 Å². The molecule has 0 spiro atoms. The summed E-state index contributed by atoms with van der Waals surface area (Å²) in [5.41, 5.74) is 6.32. The summed E-state index contributed by atoms with van der Waals surface area (Å²) in [7, 11) is 0. The average molecular weight is 282 g/mol. The van der Waals surface area contributed by atoms with Gasteiger partial charge in [-0.05, 0) is 13.3 Å². The third-order valence-electron chi connectivity index (χ3n) is 2.60. The Morgan fingerprint density at radius 2 is 2.11 bits per heavy atom. The molecule has 1 atom stereocenters. The minimum atomic E-state index is -4.27. The Hall–Kier alpha value is -0.660.